The molecule has 2 aromatic carbocycles. The Kier molecular flexibility index (Phi) is 8.69. The summed E-state index contributed by atoms with van der Waals surface area (Å²) in [6.45, 7) is 4.08. The fraction of sp³-hybridized carbons (Fsp3) is 0.321. The molecule has 1 saturated heterocycles. The third-order valence-electron chi connectivity index (χ3n) is 6.85. The van der Waals surface area contributed by atoms with Crippen LogP contribution in [0, 0.1) is 0 Å². The van der Waals surface area contributed by atoms with Gasteiger partial charge in [0.05, 0.1) is 16.0 Å². The number of rotatable bonds is 8. The molecule has 1 fully saturated rings. The van der Waals surface area contributed by atoms with Crippen molar-refractivity contribution in [2.24, 2.45) is 0 Å². The van der Waals surface area contributed by atoms with Gasteiger partial charge in [0.15, 0.2) is 0 Å². The molecule has 0 saturated carbocycles. The van der Waals surface area contributed by atoms with Crippen LogP contribution in [0.1, 0.15) is 46.8 Å². The minimum absolute atomic E-state index is 0.0324. The number of pyridine rings is 1. The summed E-state index contributed by atoms with van der Waals surface area (Å²) in [6.07, 6.45) is -3.47. The zero-order chi connectivity index (χ0) is 29.9. The summed E-state index contributed by atoms with van der Waals surface area (Å²) in [7, 11) is -4.36. The molecule has 9 nitrogen and oxygen atoms in total. The van der Waals surface area contributed by atoms with Crippen LogP contribution in [-0.2, 0) is 27.5 Å². The lowest BCUT2D eigenvalue weighted by Gasteiger charge is -2.40. The summed E-state index contributed by atoms with van der Waals surface area (Å²) in [5, 5.41) is 11.9. The van der Waals surface area contributed by atoms with E-state index >= 15 is 0 Å². The molecule has 0 unspecified atom stereocenters. The first-order chi connectivity index (χ1) is 19.3. The van der Waals surface area contributed by atoms with Gasteiger partial charge >= 0.3 is 12.1 Å². The van der Waals surface area contributed by atoms with E-state index in [9.17, 15) is 31.2 Å². The molecule has 2 N–H and O–H groups in total. The van der Waals surface area contributed by atoms with Gasteiger partial charge in [0, 0.05) is 32.4 Å². The predicted octanol–water partition coefficient (Wildman–Crippen LogP) is 4.12. The van der Waals surface area contributed by atoms with Gasteiger partial charge in [0.25, 0.3) is 0 Å². The highest BCUT2D eigenvalue weighted by Crippen LogP contribution is 2.31. The minimum Gasteiger partial charge on any atom is -0.478 e. The number of hydrogen-bond donors (Lipinski definition) is 2. The highest BCUT2D eigenvalue weighted by atomic mass is 32.2. The first-order valence-electron chi connectivity index (χ1n) is 12.8. The second-order valence-electron chi connectivity index (χ2n) is 9.92. The number of carboxylic acids is 1. The summed E-state index contributed by atoms with van der Waals surface area (Å²) in [6, 6.07) is 12.3. The summed E-state index contributed by atoms with van der Waals surface area (Å²) in [5.41, 5.74) is 0.904. The molecule has 4 rings (SSSR count). The fourth-order valence-electron chi connectivity index (χ4n) is 4.45. The monoisotopic (exact) mass is 590 g/mol. The second kappa shape index (κ2) is 11.9. The number of halogens is 3. The van der Waals surface area contributed by atoms with Crippen molar-refractivity contribution in [1.82, 2.24) is 14.6 Å². The predicted molar refractivity (Wildman–Crippen MR) is 145 cm³/mol. The minimum atomic E-state index is -4.63. The van der Waals surface area contributed by atoms with Crippen molar-refractivity contribution in [3.05, 3.63) is 89.1 Å². The summed E-state index contributed by atoms with van der Waals surface area (Å²) < 4.78 is 67.2. The Morgan fingerprint density at radius 1 is 1.02 bits per heavy atom. The van der Waals surface area contributed by atoms with E-state index in [4.69, 9.17) is 5.11 Å². The van der Waals surface area contributed by atoms with Crippen molar-refractivity contribution in [3.8, 4) is 0 Å². The molecule has 0 bridgehead atoms. The molecule has 3 aromatic rings. The smallest absolute Gasteiger partial charge is 0.416 e. The van der Waals surface area contributed by atoms with Gasteiger partial charge in [-0.05, 0) is 53.4 Å². The summed E-state index contributed by atoms with van der Waals surface area (Å²) >= 11 is 0. The molecule has 41 heavy (non-hydrogen) atoms. The van der Waals surface area contributed by atoms with Crippen molar-refractivity contribution in [2.75, 3.05) is 24.5 Å². The molecule has 1 aromatic heterocycles. The number of sulfonamides is 1. The van der Waals surface area contributed by atoms with Crippen LogP contribution in [0.2, 0.25) is 0 Å². The number of carbonyl (C=O) groups excluding carboxylic acids is 1. The molecule has 13 heteroatoms. The van der Waals surface area contributed by atoms with Crippen LogP contribution >= 0.6 is 0 Å². The maximum Gasteiger partial charge on any atom is 0.416 e. The second-order valence-corrected chi connectivity index (χ2v) is 11.8. The molecule has 1 aliphatic rings. The number of aromatic nitrogens is 1. The highest BCUT2D eigenvalue weighted by molar-refractivity contribution is 7.89. The first-order valence-corrected chi connectivity index (χ1v) is 14.2. The Morgan fingerprint density at radius 2 is 1.68 bits per heavy atom. The zero-order valence-electron chi connectivity index (χ0n) is 22.3. The van der Waals surface area contributed by atoms with Crippen molar-refractivity contribution in [1.29, 1.82) is 0 Å². The average Bonchev–Trinajstić information content (AvgIpc) is 2.95. The normalized spacial score (nSPS) is 16.5. The Hall–Kier alpha value is -3.97. The molecule has 2 heterocycles. The van der Waals surface area contributed by atoms with Gasteiger partial charge in [-0.1, -0.05) is 38.1 Å². The van der Waals surface area contributed by atoms with Gasteiger partial charge in [-0.3, -0.25) is 4.79 Å². The maximum atomic E-state index is 13.6. The van der Waals surface area contributed by atoms with E-state index in [2.05, 4.69) is 24.1 Å². The van der Waals surface area contributed by atoms with E-state index in [1.54, 1.807) is 4.90 Å². The SMILES string of the molecule is CC(C)c1ccc(CNC(=O)[C@H]2CN(c3ccc(C(=O)O)cn3)CCN2S(=O)(=O)c2ccc(C(F)(F)F)cc2)cc1. The van der Waals surface area contributed by atoms with Crippen LogP contribution in [-0.4, -0.2) is 60.4 Å². The van der Waals surface area contributed by atoms with Crippen LogP contribution in [0.5, 0.6) is 0 Å². The summed E-state index contributed by atoms with van der Waals surface area (Å²) in [5.74, 6) is -1.08. The molecule has 218 valence electrons. The van der Waals surface area contributed by atoms with E-state index in [0.717, 1.165) is 27.6 Å². The van der Waals surface area contributed by atoms with Crippen molar-refractivity contribution in [2.45, 2.75) is 43.4 Å². The van der Waals surface area contributed by atoms with E-state index in [-0.39, 0.29) is 36.6 Å². The average molecular weight is 591 g/mol. The molecule has 1 aliphatic heterocycles. The van der Waals surface area contributed by atoms with Crippen LogP contribution in [0.3, 0.4) is 0 Å². The van der Waals surface area contributed by atoms with Crippen molar-refractivity contribution >= 4 is 27.7 Å². The number of piperazine rings is 1. The van der Waals surface area contributed by atoms with E-state index < -0.39 is 39.7 Å². The molecule has 0 spiro atoms. The lowest BCUT2D eigenvalue weighted by molar-refractivity contribution is -0.137. The fourth-order valence-corrected chi connectivity index (χ4v) is 6.02. The number of anilines is 1. The van der Waals surface area contributed by atoms with Crippen LogP contribution in [0.15, 0.2) is 71.8 Å². The van der Waals surface area contributed by atoms with E-state index in [1.807, 2.05) is 24.3 Å². The third kappa shape index (κ3) is 6.85. The molecule has 0 radical (unpaired) electrons. The van der Waals surface area contributed by atoms with Gasteiger partial charge < -0.3 is 15.3 Å². The number of nitrogens with one attached hydrogen (secondary N) is 1. The lowest BCUT2D eigenvalue weighted by Crippen LogP contribution is -2.60. The molecule has 0 aliphatic carbocycles. The van der Waals surface area contributed by atoms with Gasteiger partial charge in [-0.15, -0.1) is 0 Å². The van der Waals surface area contributed by atoms with E-state index in [0.29, 0.717) is 23.9 Å². The number of benzene rings is 2. The number of amides is 1. The van der Waals surface area contributed by atoms with Gasteiger partial charge in [0.1, 0.15) is 11.9 Å². The maximum absolute atomic E-state index is 13.6. The largest absolute Gasteiger partial charge is 0.478 e. The first kappa shape index (κ1) is 30.0. The van der Waals surface area contributed by atoms with E-state index in [1.165, 1.54) is 18.3 Å². The van der Waals surface area contributed by atoms with Crippen LogP contribution in [0.25, 0.3) is 0 Å². The van der Waals surface area contributed by atoms with Crippen molar-refractivity contribution < 1.29 is 36.3 Å². The van der Waals surface area contributed by atoms with Crippen molar-refractivity contribution in [3.63, 3.8) is 0 Å². The number of aromatic carboxylic acids is 1. The number of nitrogens with zero attached hydrogens (tertiary/aromatic N) is 3. The topological polar surface area (TPSA) is 120 Å². The van der Waals surface area contributed by atoms with Gasteiger partial charge in [-0.25, -0.2) is 18.2 Å². The molecular formula is C28H29F3N4O5S. The summed E-state index contributed by atoms with van der Waals surface area (Å²) in [4.78, 5) is 30.1. The quantitative estimate of drug-likeness (QED) is 0.405. The Balaban J connectivity index is 1.60. The lowest BCUT2D eigenvalue weighted by atomic mass is 10.0. The Labute approximate surface area is 235 Å². The van der Waals surface area contributed by atoms with Crippen LogP contribution < -0.4 is 10.2 Å². The van der Waals surface area contributed by atoms with Gasteiger partial charge in [-0.2, -0.15) is 17.5 Å². The molecule has 1 amide bonds. The zero-order valence-corrected chi connectivity index (χ0v) is 23.1. The number of carboxylic acid groups (broad SMARTS) is 1. The third-order valence-corrected chi connectivity index (χ3v) is 8.78. The standard InChI is InChI=1S/C28H29F3N4O5S/c1-18(2)20-5-3-19(4-6-20)15-33-26(36)24-17-34(25-12-7-21(16-32-25)27(37)38)13-14-35(24)41(39,40)23-10-8-22(9-11-23)28(29,30)31/h3-12,16,18,24H,13-15,17H2,1-2H3,(H,33,36)(H,37,38)/t24-/m1/s1. The highest BCUT2D eigenvalue weighted by Gasteiger charge is 2.41. The molecular weight excluding hydrogens is 561 g/mol. The number of carbonyl (C=O) groups is 2. The number of alkyl halides is 3. The Bertz CT molecular complexity index is 1490. The number of hydrogen-bond acceptors (Lipinski definition) is 6. The molecule has 1 atom stereocenters. The van der Waals surface area contributed by atoms with Crippen LogP contribution in [0.4, 0.5) is 19.0 Å². The Morgan fingerprint density at radius 3 is 2.22 bits per heavy atom. The van der Waals surface area contributed by atoms with Gasteiger partial charge in [0.2, 0.25) is 15.9 Å².